The Hall–Kier alpha value is -3.56. The molecule has 1 aromatic heterocycles. The number of benzene rings is 2. The predicted octanol–water partition coefficient (Wildman–Crippen LogP) is 4.21. The lowest BCUT2D eigenvalue weighted by atomic mass is 10.1. The number of rotatable bonds is 5. The van der Waals surface area contributed by atoms with Crippen molar-refractivity contribution in [2.24, 2.45) is 0 Å². The molecule has 3 rings (SSSR count). The summed E-state index contributed by atoms with van der Waals surface area (Å²) >= 11 is 0. The van der Waals surface area contributed by atoms with Gasteiger partial charge in [0.2, 0.25) is 5.91 Å². The average molecular weight is 436 g/mol. The molecule has 2 aromatic carbocycles. The maximum atomic E-state index is 13.2. The molecule has 0 spiro atoms. The molecule has 1 heterocycles. The van der Waals surface area contributed by atoms with Crippen LogP contribution in [-0.2, 0) is 24.1 Å². The minimum Gasteiger partial charge on any atom is -0.347 e. The van der Waals surface area contributed by atoms with Crippen LogP contribution in [-0.4, -0.2) is 35.5 Å². The number of likely N-dealkylation sites (N-methyl/N-ethyl adjacent to an activating group) is 1. The van der Waals surface area contributed by atoms with Crippen LogP contribution in [0.15, 0.2) is 48.7 Å². The molecule has 0 fully saturated rings. The number of carbonyl (C=O) groups excluding carboxylic acids is 2. The monoisotopic (exact) mass is 436 g/mol. The molecule has 0 aliphatic rings. The highest BCUT2D eigenvalue weighted by molar-refractivity contribution is 5.93. The molecule has 0 bridgehead atoms. The van der Waals surface area contributed by atoms with E-state index in [-0.39, 0.29) is 18.0 Å². The van der Waals surface area contributed by atoms with E-state index in [0.29, 0.717) is 11.8 Å². The van der Waals surface area contributed by atoms with Gasteiger partial charge in [0.05, 0.1) is 5.56 Å². The number of hydrogen-bond donors (Lipinski definition) is 2. The van der Waals surface area contributed by atoms with Crippen LogP contribution in [0.1, 0.15) is 11.1 Å². The van der Waals surface area contributed by atoms with Crippen molar-refractivity contribution in [3.8, 4) is 0 Å². The molecule has 31 heavy (non-hydrogen) atoms. The second-order valence-corrected chi connectivity index (χ2v) is 7.11. The van der Waals surface area contributed by atoms with E-state index >= 15 is 0 Å². The van der Waals surface area contributed by atoms with Gasteiger partial charge in [0.25, 0.3) is 0 Å². The highest BCUT2D eigenvalue weighted by Gasteiger charge is 2.33. The molecule has 0 saturated carbocycles. The van der Waals surface area contributed by atoms with Crippen LogP contribution in [0, 0.1) is 5.82 Å². The van der Waals surface area contributed by atoms with Crippen LogP contribution >= 0.6 is 0 Å². The molecule has 0 aliphatic carbocycles. The van der Waals surface area contributed by atoms with Crippen molar-refractivity contribution in [3.63, 3.8) is 0 Å². The molecule has 10 heteroatoms. The van der Waals surface area contributed by atoms with Gasteiger partial charge in [0, 0.05) is 43.4 Å². The molecule has 6 nitrogen and oxygen atoms in total. The molecule has 2 N–H and O–H groups in total. The van der Waals surface area contributed by atoms with Gasteiger partial charge in [-0.15, -0.1) is 0 Å². The number of aromatic nitrogens is 1. The van der Waals surface area contributed by atoms with E-state index in [1.54, 1.807) is 49.1 Å². The van der Waals surface area contributed by atoms with Crippen molar-refractivity contribution < 1.29 is 27.2 Å². The maximum Gasteiger partial charge on any atom is 0.416 e. The summed E-state index contributed by atoms with van der Waals surface area (Å²) in [7, 11) is 3.33. The van der Waals surface area contributed by atoms with Crippen molar-refractivity contribution in [3.05, 3.63) is 65.6 Å². The summed E-state index contributed by atoms with van der Waals surface area (Å²) in [5.74, 6) is -1.08. The zero-order chi connectivity index (χ0) is 22.8. The van der Waals surface area contributed by atoms with Crippen LogP contribution in [0.25, 0.3) is 10.9 Å². The van der Waals surface area contributed by atoms with Gasteiger partial charge in [0.1, 0.15) is 12.4 Å². The third-order valence-corrected chi connectivity index (χ3v) is 4.65. The van der Waals surface area contributed by atoms with E-state index in [1.165, 1.54) is 4.90 Å². The van der Waals surface area contributed by atoms with Crippen LogP contribution in [0.4, 0.5) is 28.0 Å². The fraction of sp³-hybridized carbons (Fsp3) is 0.238. The fourth-order valence-electron chi connectivity index (χ4n) is 3.02. The molecule has 0 radical (unpaired) electrons. The largest absolute Gasteiger partial charge is 0.416 e. The van der Waals surface area contributed by atoms with E-state index in [4.69, 9.17) is 0 Å². The van der Waals surface area contributed by atoms with E-state index in [9.17, 15) is 27.2 Å². The molecule has 3 aromatic rings. The number of nitrogens with zero attached hydrogens (tertiary/aromatic N) is 2. The Bertz CT molecular complexity index is 1120. The van der Waals surface area contributed by atoms with Gasteiger partial charge in [-0.3, -0.25) is 4.79 Å². The first-order valence-electron chi connectivity index (χ1n) is 9.24. The molecule has 0 saturated heterocycles. The van der Waals surface area contributed by atoms with E-state index < -0.39 is 30.1 Å². The molecule has 3 amide bonds. The van der Waals surface area contributed by atoms with Gasteiger partial charge in [-0.2, -0.15) is 13.2 Å². The number of urea groups is 1. The topological polar surface area (TPSA) is 66.4 Å². The number of anilines is 1. The predicted molar refractivity (Wildman–Crippen MR) is 108 cm³/mol. The highest BCUT2D eigenvalue weighted by Crippen LogP contribution is 2.32. The number of alkyl halides is 3. The first-order chi connectivity index (χ1) is 14.5. The zero-order valence-corrected chi connectivity index (χ0v) is 16.8. The van der Waals surface area contributed by atoms with Crippen molar-refractivity contribution >= 4 is 28.5 Å². The van der Waals surface area contributed by atoms with Crippen molar-refractivity contribution in [2.75, 3.05) is 19.4 Å². The summed E-state index contributed by atoms with van der Waals surface area (Å²) in [5, 5.41) is 5.68. The number of hydrogen-bond acceptors (Lipinski definition) is 2. The number of carbonyl (C=O) groups is 2. The van der Waals surface area contributed by atoms with Crippen molar-refractivity contribution in [1.29, 1.82) is 0 Å². The summed E-state index contributed by atoms with van der Waals surface area (Å²) in [6, 6.07) is 8.41. The first-order valence-corrected chi connectivity index (χ1v) is 9.24. The number of amides is 3. The Morgan fingerprint density at radius 3 is 2.48 bits per heavy atom. The number of nitrogens with one attached hydrogen (secondary N) is 2. The lowest BCUT2D eigenvalue weighted by Gasteiger charge is -2.14. The summed E-state index contributed by atoms with van der Waals surface area (Å²) in [6.07, 6.45) is -2.98. The Kier molecular flexibility index (Phi) is 6.19. The molecule has 164 valence electrons. The van der Waals surface area contributed by atoms with Crippen LogP contribution in [0.2, 0.25) is 0 Å². The van der Waals surface area contributed by atoms with Crippen LogP contribution < -0.4 is 10.6 Å². The van der Waals surface area contributed by atoms with Crippen molar-refractivity contribution in [2.45, 2.75) is 19.3 Å². The fourth-order valence-corrected chi connectivity index (χ4v) is 3.02. The SMILES string of the molecule is CN(C)C(=O)Cn1ccc2cc(NC(=O)NCc3ccc(F)cc3C(F)(F)F)ccc21. The quantitative estimate of drug-likeness (QED) is 0.589. The van der Waals surface area contributed by atoms with Gasteiger partial charge < -0.3 is 20.1 Å². The number of fused-ring (bicyclic) bond motifs is 1. The van der Waals surface area contributed by atoms with Crippen molar-refractivity contribution in [1.82, 2.24) is 14.8 Å². The minimum absolute atomic E-state index is 0.0712. The van der Waals surface area contributed by atoms with Gasteiger partial charge in [-0.25, -0.2) is 9.18 Å². The van der Waals surface area contributed by atoms with Crippen LogP contribution in [0.3, 0.4) is 0 Å². The smallest absolute Gasteiger partial charge is 0.347 e. The van der Waals surface area contributed by atoms with Crippen LogP contribution in [0.5, 0.6) is 0 Å². The number of halogens is 4. The standard InChI is InChI=1S/C21H20F4N4O2/c1-28(2)19(30)12-29-8-7-13-9-16(5-6-18(13)29)27-20(31)26-11-14-3-4-15(22)10-17(14)21(23,24)25/h3-10H,11-12H2,1-2H3,(H2,26,27,31). The first kappa shape index (κ1) is 22.1. The molecular formula is C21H20F4N4O2. The highest BCUT2D eigenvalue weighted by atomic mass is 19.4. The minimum atomic E-state index is -4.73. The lowest BCUT2D eigenvalue weighted by Crippen LogP contribution is -2.29. The zero-order valence-electron chi connectivity index (χ0n) is 16.8. The third-order valence-electron chi connectivity index (χ3n) is 4.65. The average Bonchev–Trinajstić information content (AvgIpc) is 3.08. The van der Waals surface area contributed by atoms with Gasteiger partial charge >= 0.3 is 12.2 Å². The molecular weight excluding hydrogens is 416 g/mol. The summed E-state index contributed by atoms with van der Waals surface area (Å²) in [5.41, 5.74) is -0.163. The molecule has 0 atom stereocenters. The van der Waals surface area contributed by atoms with Gasteiger partial charge in [0.15, 0.2) is 0 Å². The summed E-state index contributed by atoms with van der Waals surface area (Å²) in [6.45, 7) is -0.255. The Balaban J connectivity index is 1.67. The lowest BCUT2D eigenvalue weighted by molar-refractivity contribution is -0.138. The Labute approximate surface area is 175 Å². The second-order valence-electron chi connectivity index (χ2n) is 7.11. The van der Waals surface area contributed by atoms with E-state index in [2.05, 4.69) is 10.6 Å². The third kappa shape index (κ3) is 5.33. The van der Waals surface area contributed by atoms with E-state index in [0.717, 1.165) is 23.0 Å². The maximum absolute atomic E-state index is 13.2. The summed E-state index contributed by atoms with van der Waals surface area (Å²) in [4.78, 5) is 25.5. The van der Waals surface area contributed by atoms with Gasteiger partial charge in [-0.1, -0.05) is 6.07 Å². The van der Waals surface area contributed by atoms with E-state index in [1.807, 2.05) is 0 Å². The Morgan fingerprint density at radius 1 is 1.06 bits per heavy atom. The molecule has 0 unspecified atom stereocenters. The Morgan fingerprint density at radius 2 is 1.81 bits per heavy atom. The van der Waals surface area contributed by atoms with Gasteiger partial charge in [-0.05, 0) is 42.0 Å². The molecule has 0 aliphatic heterocycles. The normalized spacial score (nSPS) is 11.4. The second kappa shape index (κ2) is 8.66. The summed E-state index contributed by atoms with van der Waals surface area (Å²) < 4.78 is 54.1.